The van der Waals surface area contributed by atoms with Gasteiger partial charge in [-0.25, -0.2) is 23.6 Å². The number of hydrogen-bond acceptors (Lipinski definition) is 5. The second-order valence-corrected chi connectivity index (χ2v) is 6.58. The van der Waals surface area contributed by atoms with Crippen LogP contribution in [-0.2, 0) is 18.1 Å². The van der Waals surface area contributed by atoms with E-state index in [9.17, 15) is 37.2 Å². The van der Waals surface area contributed by atoms with Crippen molar-refractivity contribution in [3.8, 4) is 11.8 Å². The van der Waals surface area contributed by atoms with Crippen molar-refractivity contribution >= 4 is 11.7 Å². The first-order valence-electron chi connectivity index (χ1n) is 8.90. The largest absolute Gasteiger partial charge is 0.431 e. The van der Waals surface area contributed by atoms with Crippen LogP contribution in [0.2, 0.25) is 0 Å². The summed E-state index contributed by atoms with van der Waals surface area (Å²) in [4.78, 5) is 42.2. The van der Waals surface area contributed by atoms with Gasteiger partial charge in [-0.1, -0.05) is 0 Å². The molecule has 0 radical (unpaired) electrons. The quantitative estimate of drug-likeness (QED) is 0.719. The highest BCUT2D eigenvalue weighted by atomic mass is 19.4. The minimum Gasteiger partial charge on any atom is -0.305 e. The molecule has 2 heterocycles. The van der Waals surface area contributed by atoms with E-state index in [2.05, 4.69) is 5.32 Å². The van der Waals surface area contributed by atoms with Crippen molar-refractivity contribution < 1.29 is 27.2 Å². The van der Waals surface area contributed by atoms with Crippen LogP contribution >= 0.6 is 0 Å². The molecule has 1 fully saturated rings. The van der Waals surface area contributed by atoms with E-state index in [0.29, 0.717) is 19.1 Å². The third-order valence-electron chi connectivity index (χ3n) is 4.53. The molecule has 0 bridgehead atoms. The Bertz CT molecular complexity index is 1190. The van der Waals surface area contributed by atoms with Gasteiger partial charge in [0, 0.05) is 13.1 Å². The molecule has 9 nitrogen and oxygen atoms in total. The zero-order valence-corrected chi connectivity index (χ0v) is 16.0. The molecule has 1 aliphatic rings. The summed E-state index contributed by atoms with van der Waals surface area (Å²) in [7, 11) is 0.777. The number of nitrogens with zero attached hydrogens (tertiary/aromatic N) is 4. The van der Waals surface area contributed by atoms with Crippen LogP contribution in [0.1, 0.15) is 24.1 Å². The molecular weight excluding hydrogens is 426 g/mol. The van der Waals surface area contributed by atoms with E-state index >= 15 is 0 Å². The number of nitrogens with one attached hydrogen (secondary N) is 1. The number of urea groups is 1. The zero-order valence-electron chi connectivity index (χ0n) is 16.0. The molecular formula is C18H15F4N5O4. The Morgan fingerprint density at radius 3 is 2.52 bits per heavy atom. The fraction of sp³-hybridized carbons (Fsp3) is 0.333. The van der Waals surface area contributed by atoms with Crippen molar-refractivity contribution in [2.24, 2.45) is 7.05 Å². The lowest BCUT2D eigenvalue weighted by molar-refractivity contribution is -0.144. The number of hydroxylamine groups is 2. The van der Waals surface area contributed by atoms with E-state index in [-0.39, 0.29) is 33.0 Å². The summed E-state index contributed by atoms with van der Waals surface area (Å²) in [6.45, 7) is 0.560. The van der Waals surface area contributed by atoms with Crippen molar-refractivity contribution in [2.45, 2.75) is 19.0 Å². The fourth-order valence-electron chi connectivity index (χ4n) is 2.98. The number of carbonyl (C=O) groups excluding carboxylic acids is 1. The number of amides is 2. The summed E-state index contributed by atoms with van der Waals surface area (Å²) < 4.78 is 54.0. The van der Waals surface area contributed by atoms with E-state index in [1.165, 1.54) is 0 Å². The summed E-state index contributed by atoms with van der Waals surface area (Å²) in [5.74, 6) is -1.22. The number of benzene rings is 1. The molecule has 1 aromatic carbocycles. The maximum absolute atomic E-state index is 14.6. The van der Waals surface area contributed by atoms with Gasteiger partial charge in [0.2, 0.25) is 0 Å². The molecule has 1 saturated heterocycles. The van der Waals surface area contributed by atoms with Crippen molar-refractivity contribution in [3.63, 3.8) is 0 Å². The third-order valence-corrected chi connectivity index (χ3v) is 4.53. The molecule has 0 saturated carbocycles. The zero-order chi connectivity index (χ0) is 22.9. The standard InChI is InChI=1S/C18H15F4N5O4/c1-25-14(18(20,21)22)8-15(28)27(17(25)30)13-7-12(10(9-23)6-11(13)19)24-16(29)26-4-2-3-5-31-26/h6-8H,2-5H2,1H3,(H,24,29). The van der Waals surface area contributed by atoms with Crippen LogP contribution in [-0.4, -0.2) is 33.4 Å². The number of aromatic nitrogens is 2. The number of halogens is 4. The van der Waals surface area contributed by atoms with Gasteiger partial charge in [-0.05, 0) is 25.0 Å². The molecule has 0 spiro atoms. The van der Waals surface area contributed by atoms with Crippen molar-refractivity contribution in [1.82, 2.24) is 14.2 Å². The molecule has 1 N–H and O–H groups in total. The SMILES string of the molecule is Cn1c(C(F)(F)F)cc(=O)n(-c2cc(NC(=O)N3CCCCO3)c(C#N)cc2F)c1=O. The number of nitriles is 1. The summed E-state index contributed by atoms with van der Waals surface area (Å²) in [5, 5.41) is 12.6. The molecule has 0 atom stereocenters. The number of alkyl halides is 3. The Balaban J connectivity index is 2.11. The van der Waals surface area contributed by atoms with E-state index < -0.39 is 40.7 Å². The molecule has 2 aromatic rings. The molecule has 0 unspecified atom stereocenters. The molecule has 2 amide bonds. The van der Waals surface area contributed by atoms with Gasteiger partial charge in [0.25, 0.3) is 5.56 Å². The monoisotopic (exact) mass is 441 g/mol. The highest BCUT2D eigenvalue weighted by Gasteiger charge is 2.35. The molecule has 0 aliphatic carbocycles. The fourth-order valence-corrected chi connectivity index (χ4v) is 2.98. The normalized spacial score (nSPS) is 14.3. The van der Waals surface area contributed by atoms with Crippen molar-refractivity contribution in [3.05, 3.63) is 56.1 Å². The number of hydrogen-bond donors (Lipinski definition) is 1. The van der Waals surface area contributed by atoms with Crippen LogP contribution in [0, 0.1) is 17.1 Å². The second-order valence-electron chi connectivity index (χ2n) is 6.58. The average molecular weight is 441 g/mol. The Hall–Kier alpha value is -3.66. The maximum atomic E-state index is 14.6. The van der Waals surface area contributed by atoms with Crippen molar-refractivity contribution in [2.75, 3.05) is 18.5 Å². The Morgan fingerprint density at radius 1 is 1.23 bits per heavy atom. The molecule has 31 heavy (non-hydrogen) atoms. The van der Waals surface area contributed by atoms with Gasteiger partial charge in [-0.2, -0.15) is 18.4 Å². The van der Waals surface area contributed by atoms with Gasteiger partial charge in [0.05, 0.1) is 30.1 Å². The van der Waals surface area contributed by atoms with Crippen LogP contribution in [0.4, 0.5) is 28.0 Å². The summed E-state index contributed by atoms with van der Waals surface area (Å²) in [5.41, 5.74) is -5.72. The minimum absolute atomic E-state index is 0.152. The minimum atomic E-state index is -4.98. The van der Waals surface area contributed by atoms with E-state index in [0.717, 1.165) is 24.6 Å². The Morgan fingerprint density at radius 2 is 1.94 bits per heavy atom. The lowest BCUT2D eigenvalue weighted by atomic mass is 10.1. The lowest BCUT2D eigenvalue weighted by Gasteiger charge is -2.26. The highest BCUT2D eigenvalue weighted by molar-refractivity contribution is 5.90. The van der Waals surface area contributed by atoms with Crippen LogP contribution in [0.25, 0.3) is 5.69 Å². The number of carbonyl (C=O) groups is 1. The molecule has 1 aromatic heterocycles. The van der Waals surface area contributed by atoms with Crippen LogP contribution < -0.4 is 16.6 Å². The van der Waals surface area contributed by atoms with Gasteiger partial charge >= 0.3 is 17.9 Å². The molecule has 13 heteroatoms. The van der Waals surface area contributed by atoms with Gasteiger partial charge < -0.3 is 5.32 Å². The summed E-state index contributed by atoms with van der Waals surface area (Å²) >= 11 is 0. The summed E-state index contributed by atoms with van der Waals surface area (Å²) in [6, 6.07) is 2.52. The Kier molecular flexibility index (Phi) is 5.85. The van der Waals surface area contributed by atoms with Crippen LogP contribution in [0.5, 0.6) is 0 Å². The van der Waals surface area contributed by atoms with Crippen molar-refractivity contribution in [1.29, 1.82) is 5.26 Å². The lowest BCUT2D eigenvalue weighted by Crippen LogP contribution is -2.41. The molecule has 3 rings (SSSR count). The van der Waals surface area contributed by atoms with Crippen LogP contribution in [0.3, 0.4) is 0 Å². The number of anilines is 1. The predicted molar refractivity (Wildman–Crippen MR) is 97.9 cm³/mol. The summed E-state index contributed by atoms with van der Waals surface area (Å²) in [6.07, 6.45) is -3.57. The average Bonchev–Trinajstić information content (AvgIpc) is 2.72. The van der Waals surface area contributed by atoms with E-state index in [4.69, 9.17) is 4.84 Å². The molecule has 164 valence electrons. The van der Waals surface area contributed by atoms with Gasteiger partial charge in [0.15, 0.2) is 0 Å². The van der Waals surface area contributed by atoms with Gasteiger partial charge in [-0.3, -0.25) is 14.2 Å². The first-order chi connectivity index (χ1) is 14.5. The smallest absolute Gasteiger partial charge is 0.305 e. The molecule has 1 aliphatic heterocycles. The van der Waals surface area contributed by atoms with E-state index in [1.807, 2.05) is 0 Å². The topological polar surface area (TPSA) is 109 Å². The first-order valence-corrected chi connectivity index (χ1v) is 8.90. The van der Waals surface area contributed by atoms with E-state index in [1.54, 1.807) is 6.07 Å². The van der Waals surface area contributed by atoms with Gasteiger partial charge in [0.1, 0.15) is 17.6 Å². The predicted octanol–water partition coefficient (Wildman–Crippen LogP) is 2.13. The highest BCUT2D eigenvalue weighted by Crippen LogP contribution is 2.27. The second kappa shape index (κ2) is 8.23. The van der Waals surface area contributed by atoms with Crippen LogP contribution in [0.15, 0.2) is 27.8 Å². The van der Waals surface area contributed by atoms with Gasteiger partial charge in [-0.15, -0.1) is 0 Å². The third kappa shape index (κ3) is 4.29. The number of rotatable bonds is 2. The first kappa shape index (κ1) is 22.0. The maximum Gasteiger partial charge on any atom is 0.431 e. The Labute approximate surface area is 171 Å².